The number of anilines is 1. The highest BCUT2D eigenvalue weighted by molar-refractivity contribution is 7.89. The molecule has 1 saturated heterocycles. The van der Waals surface area contributed by atoms with Gasteiger partial charge in [-0.05, 0) is 31.0 Å². The highest BCUT2D eigenvalue weighted by atomic mass is 35.5. The Labute approximate surface area is 143 Å². The summed E-state index contributed by atoms with van der Waals surface area (Å²) in [7, 11) is -3.72. The van der Waals surface area contributed by atoms with Crippen molar-refractivity contribution in [3.63, 3.8) is 0 Å². The summed E-state index contributed by atoms with van der Waals surface area (Å²) in [6.45, 7) is 1.14. The Balaban J connectivity index is 1.70. The Morgan fingerprint density at radius 3 is 3.00 bits per heavy atom. The summed E-state index contributed by atoms with van der Waals surface area (Å²) in [4.78, 5) is 6.36. The minimum absolute atomic E-state index is 0.0392. The predicted octanol–water partition coefficient (Wildman–Crippen LogP) is 2.88. The molecule has 2 heterocycles. The Kier molecular flexibility index (Phi) is 4.86. The third-order valence-corrected chi connectivity index (χ3v) is 6.27. The van der Waals surface area contributed by atoms with Crippen molar-refractivity contribution in [3.8, 4) is 0 Å². The number of thiazole rings is 1. The molecule has 0 amide bonds. The van der Waals surface area contributed by atoms with Crippen molar-refractivity contribution in [1.29, 1.82) is 0 Å². The maximum Gasteiger partial charge on any atom is 0.240 e. The Bertz CT molecular complexity index is 783. The van der Waals surface area contributed by atoms with Crippen LogP contribution in [-0.4, -0.2) is 32.5 Å². The number of halogens is 2. The van der Waals surface area contributed by atoms with Crippen molar-refractivity contribution >= 4 is 38.1 Å². The number of hydrogen-bond donors (Lipinski definition) is 1. The summed E-state index contributed by atoms with van der Waals surface area (Å²) in [5.41, 5.74) is 0. The van der Waals surface area contributed by atoms with E-state index in [-0.39, 0.29) is 22.5 Å². The van der Waals surface area contributed by atoms with Crippen molar-refractivity contribution in [2.75, 3.05) is 18.0 Å². The maximum absolute atomic E-state index is 13.2. The smallest absolute Gasteiger partial charge is 0.240 e. The Morgan fingerprint density at radius 1 is 1.48 bits per heavy atom. The number of sulfonamides is 1. The van der Waals surface area contributed by atoms with Gasteiger partial charge < -0.3 is 4.90 Å². The largest absolute Gasteiger partial charge is 0.344 e. The van der Waals surface area contributed by atoms with Gasteiger partial charge in [-0.1, -0.05) is 11.6 Å². The lowest BCUT2D eigenvalue weighted by molar-refractivity contribution is 0.566. The molecule has 1 aliphatic heterocycles. The number of rotatable bonds is 5. The minimum atomic E-state index is -3.72. The standard InChI is InChI=1S/C14H15ClFN3O2S2/c15-12-8-11(3-4-13(12)16)23(20,21)18-9-10-2-1-6-19(10)14-17-5-7-22-14/h3-5,7-8,10,18H,1-2,6,9H2. The van der Waals surface area contributed by atoms with Crippen LogP contribution in [0.1, 0.15) is 12.8 Å². The van der Waals surface area contributed by atoms with Gasteiger partial charge in [0.2, 0.25) is 10.0 Å². The quantitative estimate of drug-likeness (QED) is 0.872. The van der Waals surface area contributed by atoms with Gasteiger partial charge in [0, 0.05) is 30.7 Å². The first-order valence-corrected chi connectivity index (χ1v) is 9.82. The maximum atomic E-state index is 13.2. The first-order chi connectivity index (χ1) is 11.0. The van der Waals surface area contributed by atoms with Gasteiger partial charge in [0.25, 0.3) is 0 Å². The van der Waals surface area contributed by atoms with E-state index in [9.17, 15) is 12.8 Å². The van der Waals surface area contributed by atoms with E-state index in [1.165, 1.54) is 17.4 Å². The fraction of sp³-hybridized carbons (Fsp3) is 0.357. The molecule has 9 heteroatoms. The van der Waals surface area contributed by atoms with Crippen molar-refractivity contribution in [3.05, 3.63) is 40.6 Å². The molecular formula is C14H15ClFN3O2S2. The second kappa shape index (κ2) is 6.72. The monoisotopic (exact) mass is 375 g/mol. The van der Waals surface area contributed by atoms with Gasteiger partial charge in [-0.25, -0.2) is 22.5 Å². The molecule has 1 aromatic heterocycles. The zero-order chi connectivity index (χ0) is 16.4. The number of hydrogen-bond acceptors (Lipinski definition) is 5. The van der Waals surface area contributed by atoms with Crippen LogP contribution in [0.4, 0.5) is 9.52 Å². The molecule has 1 aliphatic rings. The van der Waals surface area contributed by atoms with Crippen LogP contribution in [0.5, 0.6) is 0 Å². The van der Waals surface area contributed by atoms with Crippen molar-refractivity contribution in [2.24, 2.45) is 0 Å². The molecule has 5 nitrogen and oxygen atoms in total. The van der Waals surface area contributed by atoms with E-state index in [0.717, 1.165) is 36.7 Å². The molecule has 1 atom stereocenters. The van der Waals surface area contributed by atoms with Gasteiger partial charge in [0.15, 0.2) is 5.13 Å². The van der Waals surface area contributed by atoms with Crippen LogP contribution in [0.25, 0.3) is 0 Å². The highest BCUT2D eigenvalue weighted by Crippen LogP contribution is 2.27. The average Bonchev–Trinajstić information content (AvgIpc) is 3.18. The zero-order valence-electron chi connectivity index (χ0n) is 12.1. The molecule has 1 N–H and O–H groups in total. The lowest BCUT2D eigenvalue weighted by Crippen LogP contribution is -2.40. The van der Waals surface area contributed by atoms with Gasteiger partial charge in [0.1, 0.15) is 5.82 Å². The number of nitrogens with zero attached hydrogens (tertiary/aromatic N) is 2. The van der Waals surface area contributed by atoms with Gasteiger partial charge in [0.05, 0.1) is 9.92 Å². The average molecular weight is 376 g/mol. The third-order valence-electron chi connectivity index (χ3n) is 3.75. The highest BCUT2D eigenvalue weighted by Gasteiger charge is 2.28. The van der Waals surface area contributed by atoms with Gasteiger partial charge >= 0.3 is 0 Å². The van der Waals surface area contributed by atoms with E-state index in [2.05, 4.69) is 14.6 Å². The van der Waals surface area contributed by atoms with Crippen molar-refractivity contribution < 1.29 is 12.8 Å². The van der Waals surface area contributed by atoms with Crippen LogP contribution in [-0.2, 0) is 10.0 Å². The fourth-order valence-electron chi connectivity index (χ4n) is 2.59. The topological polar surface area (TPSA) is 62.3 Å². The molecule has 0 saturated carbocycles. The summed E-state index contributed by atoms with van der Waals surface area (Å²) >= 11 is 7.19. The van der Waals surface area contributed by atoms with E-state index >= 15 is 0 Å². The number of benzene rings is 1. The van der Waals surface area contributed by atoms with Crippen molar-refractivity contribution in [2.45, 2.75) is 23.8 Å². The molecule has 1 aromatic carbocycles. The molecule has 0 radical (unpaired) electrons. The van der Waals surface area contributed by atoms with Crippen LogP contribution < -0.4 is 9.62 Å². The van der Waals surface area contributed by atoms with Crippen LogP contribution in [0.15, 0.2) is 34.7 Å². The molecule has 1 unspecified atom stereocenters. The summed E-state index contributed by atoms with van der Waals surface area (Å²) < 4.78 is 40.4. The summed E-state index contributed by atoms with van der Waals surface area (Å²) in [6, 6.07) is 3.43. The summed E-state index contributed by atoms with van der Waals surface area (Å²) in [5.74, 6) is -0.642. The molecule has 0 spiro atoms. The van der Waals surface area contributed by atoms with E-state index in [1.807, 2.05) is 5.38 Å². The lowest BCUT2D eigenvalue weighted by atomic mass is 10.2. The van der Waals surface area contributed by atoms with E-state index in [0.29, 0.717) is 0 Å². The van der Waals surface area contributed by atoms with E-state index < -0.39 is 15.8 Å². The fourth-order valence-corrected chi connectivity index (χ4v) is 4.68. The molecule has 124 valence electrons. The second-order valence-electron chi connectivity index (χ2n) is 5.23. The van der Waals surface area contributed by atoms with E-state index in [4.69, 9.17) is 11.6 Å². The van der Waals surface area contributed by atoms with Gasteiger partial charge in [-0.15, -0.1) is 11.3 Å². The molecule has 1 fully saturated rings. The lowest BCUT2D eigenvalue weighted by Gasteiger charge is -2.24. The summed E-state index contributed by atoms with van der Waals surface area (Å²) in [6.07, 6.45) is 3.63. The number of nitrogens with one attached hydrogen (secondary N) is 1. The molecule has 0 aliphatic carbocycles. The first kappa shape index (κ1) is 16.6. The number of aromatic nitrogens is 1. The van der Waals surface area contributed by atoms with Crippen molar-refractivity contribution in [1.82, 2.24) is 9.71 Å². The Morgan fingerprint density at radius 2 is 2.30 bits per heavy atom. The molecular weight excluding hydrogens is 361 g/mol. The third kappa shape index (κ3) is 3.65. The first-order valence-electron chi connectivity index (χ1n) is 7.08. The Hall–Kier alpha value is -1.22. The van der Waals surface area contributed by atoms with Crippen LogP contribution in [0, 0.1) is 5.82 Å². The van der Waals surface area contributed by atoms with Crippen LogP contribution in [0.3, 0.4) is 0 Å². The minimum Gasteiger partial charge on any atom is -0.344 e. The SMILES string of the molecule is O=S(=O)(NCC1CCCN1c1nccs1)c1ccc(F)c(Cl)c1. The molecule has 23 heavy (non-hydrogen) atoms. The van der Waals surface area contributed by atoms with Gasteiger partial charge in [-0.3, -0.25) is 0 Å². The second-order valence-corrected chi connectivity index (χ2v) is 8.28. The predicted molar refractivity (Wildman–Crippen MR) is 89.1 cm³/mol. The summed E-state index contributed by atoms with van der Waals surface area (Å²) in [5, 5.41) is 2.59. The molecule has 3 rings (SSSR count). The van der Waals surface area contributed by atoms with E-state index in [1.54, 1.807) is 6.20 Å². The normalized spacial score (nSPS) is 18.5. The van der Waals surface area contributed by atoms with Crippen LogP contribution in [0.2, 0.25) is 5.02 Å². The van der Waals surface area contributed by atoms with Gasteiger partial charge in [-0.2, -0.15) is 0 Å². The van der Waals surface area contributed by atoms with Crippen LogP contribution >= 0.6 is 22.9 Å². The molecule has 2 aromatic rings. The zero-order valence-corrected chi connectivity index (χ0v) is 14.5. The molecule has 0 bridgehead atoms.